The number of amides is 1. The van der Waals surface area contributed by atoms with E-state index in [0.29, 0.717) is 5.56 Å². The van der Waals surface area contributed by atoms with E-state index in [2.05, 4.69) is 29.8 Å². The molecule has 0 bridgehead atoms. The fourth-order valence-electron chi connectivity index (χ4n) is 4.13. The predicted octanol–water partition coefficient (Wildman–Crippen LogP) is 4.35. The Morgan fingerprint density at radius 1 is 1.23 bits per heavy atom. The van der Waals surface area contributed by atoms with Crippen LogP contribution in [-0.2, 0) is 15.3 Å². The molecule has 15 heteroatoms. The molecule has 4 rings (SSSR count). The molecule has 0 aliphatic carbocycles. The number of rotatable bonds is 6. The third-order valence-corrected chi connectivity index (χ3v) is 9.64. The molecular formula is C24H25F3N6O5S. The zero-order valence-corrected chi connectivity index (χ0v) is 22.1. The van der Waals surface area contributed by atoms with Crippen LogP contribution in [0.3, 0.4) is 0 Å². The largest absolute Gasteiger partial charge is 0.470 e. The first kappa shape index (κ1) is 28.0. The SMILES string of the molecule is CN=S1(=O)C[C@@](C)(c2cc(-c3cc(-c4cnc(OCC(F)F)cn4)no3)ccc2F)N=C(NC(=O)O)C1(C)C. The van der Waals surface area contributed by atoms with E-state index in [1.165, 1.54) is 43.7 Å². The number of hydrogen-bond donors (Lipinski definition) is 2. The molecule has 3 heterocycles. The van der Waals surface area contributed by atoms with Gasteiger partial charge in [-0.15, -0.1) is 0 Å². The summed E-state index contributed by atoms with van der Waals surface area (Å²) in [5.41, 5.74) is -0.435. The average Bonchev–Trinajstić information content (AvgIpc) is 3.37. The first-order valence-electron chi connectivity index (χ1n) is 11.5. The smallest absolute Gasteiger partial charge is 0.410 e. The Morgan fingerprint density at radius 2 is 1.97 bits per heavy atom. The molecule has 2 atom stereocenters. The van der Waals surface area contributed by atoms with Gasteiger partial charge in [-0.05, 0) is 39.0 Å². The van der Waals surface area contributed by atoms with Crippen LogP contribution >= 0.6 is 0 Å². The minimum Gasteiger partial charge on any atom is -0.470 e. The van der Waals surface area contributed by atoms with Crippen molar-refractivity contribution in [3.63, 3.8) is 0 Å². The van der Waals surface area contributed by atoms with Crippen molar-refractivity contribution in [3.05, 3.63) is 48.0 Å². The lowest BCUT2D eigenvalue weighted by molar-refractivity contribution is 0.0794. The zero-order chi connectivity index (χ0) is 28.6. The van der Waals surface area contributed by atoms with E-state index in [4.69, 9.17) is 9.26 Å². The second-order valence-corrected chi connectivity index (χ2v) is 12.3. The molecular weight excluding hydrogens is 541 g/mol. The summed E-state index contributed by atoms with van der Waals surface area (Å²) in [6, 6.07) is 5.63. The highest BCUT2D eigenvalue weighted by Crippen LogP contribution is 2.40. The molecule has 39 heavy (non-hydrogen) atoms. The predicted molar refractivity (Wildman–Crippen MR) is 136 cm³/mol. The van der Waals surface area contributed by atoms with E-state index in [-0.39, 0.29) is 40.2 Å². The number of aliphatic imine (C=N–C) groups is 1. The molecule has 3 aromatic rings. The second kappa shape index (κ2) is 10.3. The summed E-state index contributed by atoms with van der Waals surface area (Å²) in [5.74, 6) is -0.749. The summed E-state index contributed by atoms with van der Waals surface area (Å²) in [5, 5.41) is 15.5. The first-order valence-corrected chi connectivity index (χ1v) is 13.2. The number of benzene rings is 1. The number of amidine groups is 1. The summed E-state index contributed by atoms with van der Waals surface area (Å²) in [6.07, 6.45) is -1.60. The molecule has 1 unspecified atom stereocenters. The fourth-order valence-corrected chi connectivity index (χ4v) is 6.46. The quantitative estimate of drug-likeness (QED) is 0.447. The summed E-state index contributed by atoms with van der Waals surface area (Å²) < 4.78 is 66.8. The number of nitrogens with zero attached hydrogens (tertiary/aromatic N) is 5. The molecule has 1 amide bonds. The maximum Gasteiger partial charge on any atom is 0.410 e. The monoisotopic (exact) mass is 566 g/mol. The van der Waals surface area contributed by atoms with Crippen LogP contribution in [0.25, 0.3) is 22.7 Å². The maximum atomic E-state index is 15.2. The summed E-state index contributed by atoms with van der Waals surface area (Å²) >= 11 is 0. The van der Waals surface area contributed by atoms with E-state index in [0.717, 1.165) is 0 Å². The third kappa shape index (κ3) is 5.44. The van der Waals surface area contributed by atoms with Gasteiger partial charge in [-0.25, -0.2) is 36.5 Å². The molecule has 1 aliphatic rings. The van der Waals surface area contributed by atoms with Crippen molar-refractivity contribution in [3.8, 4) is 28.6 Å². The lowest BCUT2D eigenvalue weighted by atomic mass is 9.91. The molecule has 1 aliphatic heterocycles. The van der Waals surface area contributed by atoms with Crippen molar-refractivity contribution in [1.29, 1.82) is 0 Å². The highest BCUT2D eigenvalue weighted by atomic mass is 32.2. The summed E-state index contributed by atoms with van der Waals surface area (Å²) in [4.78, 5) is 24.0. The zero-order valence-electron chi connectivity index (χ0n) is 21.3. The number of alkyl halides is 2. The number of hydrogen-bond acceptors (Lipinski definition) is 9. The van der Waals surface area contributed by atoms with Gasteiger partial charge < -0.3 is 14.4 Å². The molecule has 11 nitrogen and oxygen atoms in total. The number of ether oxygens (including phenoxy) is 1. The topological polar surface area (TPSA) is 152 Å². The minimum absolute atomic E-state index is 0.0508. The maximum absolute atomic E-state index is 15.2. The van der Waals surface area contributed by atoms with Crippen LogP contribution in [0.4, 0.5) is 18.0 Å². The van der Waals surface area contributed by atoms with Crippen molar-refractivity contribution >= 4 is 21.7 Å². The van der Waals surface area contributed by atoms with Gasteiger partial charge in [-0.3, -0.25) is 10.3 Å². The van der Waals surface area contributed by atoms with Crippen LogP contribution < -0.4 is 10.1 Å². The van der Waals surface area contributed by atoms with Gasteiger partial charge in [0.1, 0.15) is 33.3 Å². The van der Waals surface area contributed by atoms with Crippen LogP contribution in [0.5, 0.6) is 5.88 Å². The van der Waals surface area contributed by atoms with Crippen LogP contribution in [-0.4, -0.2) is 66.9 Å². The Morgan fingerprint density at radius 3 is 2.59 bits per heavy atom. The minimum atomic E-state index is -3.10. The van der Waals surface area contributed by atoms with Crippen molar-refractivity contribution in [1.82, 2.24) is 20.4 Å². The third-order valence-electron chi connectivity index (χ3n) is 6.31. The van der Waals surface area contributed by atoms with Crippen molar-refractivity contribution in [2.45, 2.75) is 37.5 Å². The van der Waals surface area contributed by atoms with E-state index in [1.807, 2.05) is 0 Å². The number of carbonyl (C=O) groups is 1. The van der Waals surface area contributed by atoms with Gasteiger partial charge in [0.25, 0.3) is 6.43 Å². The lowest BCUT2D eigenvalue weighted by Gasteiger charge is -2.41. The van der Waals surface area contributed by atoms with Gasteiger partial charge in [0.15, 0.2) is 12.4 Å². The molecule has 1 aromatic carbocycles. The Bertz CT molecular complexity index is 1550. The normalized spacial score (nSPS) is 22.3. The molecule has 0 radical (unpaired) electrons. The van der Waals surface area contributed by atoms with Crippen LogP contribution in [0.15, 0.2) is 50.5 Å². The molecule has 2 N–H and O–H groups in total. The molecule has 0 fully saturated rings. The Kier molecular flexibility index (Phi) is 7.38. The van der Waals surface area contributed by atoms with Gasteiger partial charge >= 0.3 is 6.09 Å². The van der Waals surface area contributed by atoms with Crippen molar-refractivity contribution in [2.75, 3.05) is 19.4 Å². The van der Waals surface area contributed by atoms with Gasteiger partial charge in [-0.2, -0.15) is 0 Å². The lowest BCUT2D eigenvalue weighted by Crippen LogP contribution is -2.57. The van der Waals surface area contributed by atoms with Gasteiger partial charge in [-0.1, -0.05) is 5.16 Å². The Hall–Kier alpha value is -4.01. The number of aromatic nitrogens is 3. The van der Waals surface area contributed by atoms with Crippen LogP contribution in [0.2, 0.25) is 0 Å². The molecule has 0 saturated heterocycles. The Labute approximate surface area is 221 Å². The fraction of sp³-hybridized carbons (Fsp3) is 0.375. The van der Waals surface area contributed by atoms with Crippen molar-refractivity contribution in [2.24, 2.45) is 9.36 Å². The molecule has 208 valence electrons. The summed E-state index contributed by atoms with van der Waals surface area (Å²) in [6.45, 7) is 3.88. The number of nitrogens with one attached hydrogen (secondary N) is 1. The van der Waals surface area contributed by atoms with Crippen LogP contribution in [0, 0.1) is 5.82 Å². The van der Waals surface area contributed by atoms with Gasteiger partial charge in [0.2, 0.25) is 5.88 Å². The first-order chi connectivity index (χ1) is 18.3. The number of halogens is 3. The van der Waals surface area contributed by atoms with E-state index < -0.39 is 45.0 Å². The van der Waals surface area contributed by atoms with Crippen LogP contribution in [0.1, 0.15) is 26.3 Å². The average molecular weight is 567 g/mol. The van der Waals surface area contributed by atoms with E-state index >= 15 is 4.39 Å². The second-order valence-electron chi connectivity index (χ2n) is 9.36. The molecule has 0 saturated carbocycles. The highest BCUT2D eigenvalue weighted by molar-refractivity contribution is 7.95. The highest BCUT2D eigenvalue weighted by Gasteiger charge is 2.49. The van der Waals surface area contributed by atoms with Crippen molar-refractivity contribution < 1.29 is 36.5 Å². The standard InChI is InChI=1S/C24H25F3N6O5S/c1-23(2)21(31-22(34)35)32-24(3,12-39(23,36)28-4)14-7-13(5-6-15(14)25)18-8-16(33-38-18)17-9-30-20(10-29-17)37-11-19(26)27/h5-10,19H,11-12H2,1-4H3,(H,31,32)(H,34,35)/t24-,39?/m0/s1. The molecule has 2 aromatic heterocycles. The molecule has 0 spiro atoms. The van der Waals surface area contributed by atoms with Gasteiger partial charge in [0, 0.05) is 24.2 Å². The number of carboxylic acid groups (broad SMARTS) is 1. The summed E-state index contributed by atoms with van der Waals surface area (Å²) in [7, 11) is -1.72. The van der Waals surface area contributed by atoms with Gasteiger partial charge in [0.05, 0.1) is 27.9 Å². The van der Waals surface area contributed by atoms with E-state index in [9.17, 15) is 22.9 Å². The Balaban J connectivity index is 1.71. The van der Waals surface area contributed by atoms with E-state index in [1.54, 1.807) is 20.8 Å².